The van der Waals surface area contributed by atoms with E-state index in [4.69, 9.17) is 22.0 Å². The average Bonchev–Trinajstić information content (AvgIpc) is 2.85. The number of aliphatic carboxylic acids is 1. The van der Waals surface area contributed by atoms with E-state index in [2.05, 4.69) is 5.32 Å². The van der Waals surface area contributed by atoms with Crippen LogP contribution in [0.15, 0.2) is 71.6 Å². The first-order valence-corrected chi connectivity index (χ1v) is 13.0. The van der Waals surface area contributed by atoms with Gasteiger partial charge in [-0.3, -0.25) is 15.0 Å². The Bertz CT molecular complexity index is 1390. The summed E-state index contributed by atoms with van der Waals surface area (Å²) in [6.07, 6.45) is 1.17. The third kappa shape index (κ3) is 6.07. The number of amidine groups is 1. The molecule has 0 heterocycles. The summed E-state index contributed by atoms with van der Waals surface area (Å²) in [5, 5.41) is 20.6. The fraction of sp³-hybridized carbons (Fsp3) is 0.269. The number of carboxylic acid groups (broad SMARTS) is 1. The summed E-state index contributed by atoms with van der Waals surface area (Å²) in [5.41, 5.74) is 12.9. The van der Waals surface area contributed by atoms with Gasteiger partial charge in [0.25, 0.3) is 5.91 Å². The number of carbonyl (C=O) groups excluding carboxylic acids is 1. The molecule has 0 bridgehead atoms. The van der Waals surface area contributed by atoms with Crippen molar-refractivity contribution in [1.29, 1.82) is 5.41 Å². The quantitative estimate of drug-likeness (QED) is 0.141. The fourth-order valence-electron chi connectivity index (χ4n) is 3.92. The summed E-state index contributed by atoms with van der Waals surface area (Å²) >= 11 is 0. The van der Waals surface area contributed by atoms with Crippen molar-refractivity contribution in [3.63, 3.8) is 0 Å². The van der Waals surface area contributed by atoms with Gasteiger partial charge in [-0.05, 0) is 47.4 Å². The van der Waals surface area contributed by atoms with Crippen LogP contribution in [0.5, 0.6) is 0 Å². The molecule has 7 N–H and O–H groups in total. The van der Waals surface area contributed by atoms with Crippen molar-refractivity contribution in [3.05, 3.63) is 77.9 Å². The minimum atomic E-state index is -4.38. The third-order valence-corrected chi connectivity index (χ3v) is 8.12. The zero-order valence-corrected chi connectivity index (χ0v) is 20.6. The van der Waals surface area contributed by atoms with E-state index < -0.39 is 26.6 Å². The molecule has 190 valence electrons. The lowest BCUT2D eigenvalue weighted by Crippen LogP contribution is -2.60. The lowest BCUT2D eigenvalue weighted by atomic mass is 10.0. The number of sulfone groups is 1. The predicted octanol–water partition coefficient (Wildman–Crippen LogP) is 2.56. The van der Waals surface area contributed by atoms with Crippen molar-refractivity contribution in [2.24, 2.45) is 11.5 Å². The molecule has 3 aromatic carbocycles. The van der Waals surface area contributed by atoms with Crippen LogP contribution in [0.4, 0.5) is 0 Å². The molecule has 3 aromatic rings. The van der Waals surface area contributed by atoms with Crippen LogP contribution in [-0.2, 0) is 25.8 Å². The van der Waals surface area contributed by atoms with Crippen LogP contribution in [0, 0.1) is 5.41 Å². The van der Waals surface area contributed by atoms with Crippen LogP contribution in [0.1, 0.15) is 36.8 Å². The lowest BCUT2D eigenvalue weighted by Gasteiger charge is -2.28. The smallest absolute Gasteiger partial charge is 0.303 e. The van der Waals surface area contributed by atoms with Gasteiger partial charge in [-0.2, -0.15) is 0 Å². The topological polar surface area (TPSA) is 176 Å². The molecule has 1 atom stereocenters. The maximum Gasteiger partial charge on any atom is 0.303 e. The van der Waals surface area contributed by atoms with E-state index in [1.165, 1.54) is 12.1 Å². The first kappa shape index (κ1) is 26.8. The number of carbonyl (C=O) groups is 2. The molecule has 1 amide bonds. The number of rotatable bonds is 12. The van der Waals surface area contributed by atoms with Crippen LogP contribution in [-0.4, -0.2) is 42.7 Å². The first-order chi connectivity index (χ1) is 17.0. The van der Waals surface area contributed by atoms with Crippen molar-refractivity contribution in [2.45, 2.75) is 41.9 Å². The molecule has 9 nitrogen and oxygen atoms in total. The summed E-state index contributed by atoms with van der Waals surface area (Å²) in [6.45, 7) is 0.151. The van der Waals surface area contributed by atoms with Gasteiger partial charge in [0.05, 0.1) is 4.90 Å². The van der Waals surface area contributed by atoms with Crippen LogP contribution in [0.2, 0.25) is 0 Å². The highest BCUT2D eigenvalue weighted by Crippen LogP contribution is 2.29. The molecular weight excluding hydrogens is 480 g/mol. The predicted molar refractivity (Wildman–Crippen MR) is 138 cm³/mol. The van der Waals surface area contributed by atoms with Gasteiger partial charge >= 0.3 is 5.97 Å². The first-order valence-electron chi connectivity index (χ1n) is 11.5. The van der Waals surface area contributed by atoms with Crippen molar-refractivity contribution in [3.8, 4) is 0 Å². The molecule has 10 heteroatoms. The maximum atomic E-state index is 13.9. The minimum absolute atomic E-state index is 0.0254. The number of unbranched alkanes of at least 4 members (excludes halogenated alkanes) is 2. The second-order valence-corrected chi connectivity index (χ2v) is 10.9. The molecule has 36 heavy (non-hydrogen) atoms. The largest absolute Gasteiger partial charge is 0.481 e. The van der Waals surface area contributed by atoms with E-state index in [0.717, 1.165) is 5.39 Å². The number of amides is 1. The Morgan fingerprint density at radius 1 is 0.944 bits per heavy atom. The van der Waals surface area contributed by atoms with Gasteiger partial charge in [-0.25, -0.2) is 8.42 Å². The number of hydrogen-bond donors (Lipinski definition) is 5. The zero-order valence-electron chi connectivity index (χ0n) is 19.7. The van der Waals surface area contributed by atoms with Gasteiger partial charge in [0.2, 0.25) is 14.7 Å². The lowest BCUT2D eigenvalue weighted by molar-refractivity contribution is -0.137. The van der Waals surface area contributed by atoms with Gasteiger partial charge < -0.3 is 21.9 Å². The summed E-state index contributed by atoms with van der Waals surface area (Å²) in [7, 11) is -4.38. The SMILES string of the molecule is N=C(N)c1cccc(C[C@](N)(C(=O)NCCCCCC(=O)O)S(=O)(=O)c2ccc3ccccc3c2)c1. The molecular formula is C26H30N4O5S. The zero-order chi connectivity index (χ0) is 26.3. The Balaban J connectivity index is 1.93. The molecule has 0 aliphatic rings. The molecule has 0 aromatic heterocycles. The maximum absolute atomic E-state index is 13.9. The van der Waals surface area contributed by atoms with Crippen LogP contribution < -0.4 is 16.8 Å². The summed E-state index contributed by atoms with van der Waals surface area (Å²) in [6, 6.07) is 18.3. The Morgan fingerprint density at radius 2 is 1.67 bits per heavy atom. The minimum Gasteiger partial charge on any atom is -0.481 e. The second-order valence-electron chi connectivity index (χ2n) is 8.65. The molecule has 0 unspecified atom stereocenters. The van der Waals surface area contributed by atoms with Gasteiger partial charge in [-0.1, -0.05) is 55.0 Å². The number of fused-ring (bicyclic) bond motifs is 1. The Kier molecular flexibility index (Phi) is 8.44. The average molecular weight is 511 g/mol. The Hall–Kier alpha value is -3.76. The van der Waals surface area contributed by atoms with Crippen LogP contribution in [0.25, 0.3) is 10.8 Å². The normalized spacial score (nSPS) is 13.1. The van der Waals surface area contributed by atoms with Gasteiger partial charge in [0.1, 0.15) is 5.84 Å². The third-order valence-electron chi connectivity index (χ3n) is 5.95. The number of carboxylic acids is 1. The molecule has 0 saturated heterocycles. The van der Waals surface area contributed by atoms with Crippen molar-refractivity contribution >= 4 is 38.3 Å². The fourth-order valence-corrected chi connectivity index (χ4v) is 5.55. The summed E-state index contributed by atoms with van der Waals surface area (Å²) in [5.74, 6) is -1.95. The molecule has 0 saturated carbocycles. The highest BCUT2D eigenvalue weighted by atomic mass is 32.2. The van der Waals surface area contributed by atoms with Crippen molar-refractivity contribution < 1.29 is 23.1 Å². The number of nitrogen functional groups attached to an aromatic ring is 1. The highest BCUT2D eigenvalue weighted by Gasteiger charge is 2.48. The van der Waals surface area contributed by atoms with E-state index in [1.54, 1.807) is 42.5 Å². The number of nitrogens with two attached hydrogens (primary N) is 2. The van der Waals surface area contributed by atoms with E-state index in [1.807, 2.05) is 12.1 Å². The second kappa shape index (κ2) is 11.3. The molecule has 0 fully saturated rings. The van der Waals surface area contributed by atoms with Gasteiger partial charge in [0.15, 0.2) is 0 Å². The number of nitrogens with one attached hydrogen (secondary N) is 2. The van der Waals surface area contributed by atoms with E-state index in [9.17, 15) is 18.0 Å². The summed E-state index contributed by atoms with van der Waals surface area (Å²) < 4.78 is 27.7. The van der Waals surface area contributed by atoms with Gasteiger partial charge in [0, 0.05) is 24.9 Å². The van der Waals surface area contributed by atoms with Crippen LogP contribution in [0.3, 0.4) is 0 Å². The van der Waals surface area contributed by atoms with E-state index in [-0.39, 0.29) is 30.1 Å². The van der Waals surface area contributed by atoms with Crippen molar-refractivity contribution in [2.75, 3.05) is 6.54 Å². The number of hydrogen-bond acceptors (Lipinski definition) is 6. The van der Waals surface area contributed by atoms with E-state index in [0.29, 0.717) is 35.8 Å². The molecule has 3 rings (SSSR count). The monoisotopic (exact) mass is 510 g/mol. The number of benzene rings is 3. The van der Waals surface area contributed by atoms with E-state index >= 15 is 0 Å². The van der Waals surface area contributed by atoms with Crippen molar-refractivity contribution in [1.82, 2.24) is 5.32 Å². The molecule has 0 aliphatic carbocycles. The van der Waals surface area contributed by atoms with Gasteiger partial charge in [-0.15, -0.1) is 0 Å². The Morgan fingerprint density at radius 3 is 2.36 bits per heavy atom. The molecule has 0 spiro atoms. The Labute approximate surface area is 209 Å². The highest BCUT2D eigenvalue weighted by molar-refractivity contribution is 7.93. The molecule has 0 aliphatic heterocycles. The standard InChI is InChI=1S/C26H30N4O5S/c27-24(28)21-10-6-7-18(15-21)17-26(29,25(33)30-14-5-1-2-11-23(31)32)36(34,35)22-13-12-19-8-3-4-9-20(19)16-22/h3-4,6-10,12-13,15-16H,1-2,5,11,14,17,29H2,(H3,27,28)(H,30,33)(H,31,32)/t26-/m1/s1. The molecule has 0 radical (unpaired) electrons. The van der Waals surface area contributed by atoms with Crippen LogP contribution >= 0.6 is 0 Å². The summed E-state index contributed by atoms with van der Waals surface area (Å²) in [4.78, 5) is 21.6.